The molecular weight excluding hydrogens is 250 g/mol. The van der Waals surface area contributed by atoms with E-state index in [9.17, 15) is 9.90 Å². The Kier molecular flexibility index (Phi) is 4.06. The number of rotatable bonds is 6. The van der Waals surface area contributed by atoms with E-state index in [2.05, 4.69) is 29.2 Å². The van der Waals surface area contributed by atoms with Crippen LogP contribution in [0.25, 0.3) is 0 Å². The van der Waals surface area contributed by atoms with Gasteiger partial charge in [0.1, 0.15) is 0 Å². The van der Waals surface area contributed by atoms with Gasteiger partial charge in [-0.1, -0.05) is 24.3 Å². The second-order valence-electron chi connectivity index (χ2n) is 6.22. The second-order valence-corrected chi connectivity index (χ2v) is 6.22. The Balaban J connectivity index is 1.81. The van der Waals surface area contributed by atoms with Gasteiger partial charge in [-0.05, 0) is 61.7 Å². The van der Waals surface area contributed by atoms with Crippen molar-refractivity contribution in [2.45, 2.75) is 44.6 Å². The predicted octanol–water partition coefficient (Wildman–Crippen LogP) is 3.25. The number of carboxylic acids is 1. The van der Waals surface area contributed by atoms with Gasteiger partial charge in [0.05, 0.1) is 6.42 Å². The third-order valence-electron chi connectivity index (χ3n) is 4.63. The molecule has 0 amide bonds. The number of carboxylic acid groups (broad SMARTS) is 1. The van der Waals surface area contributed by atoms with Crippen LogP contribution in [0.4, 0.5) is 0 Å². The molecule has 1 heterocycles. The zero-order chi connectivity index (χ0) is 13.9. The summed E-state index contributed by atoms with van der Waals surface area (Å²) in [6.45, 7) is 3.35. The van der Waals surface area contributed by atoms with Gasteiger partial charge in [-0.3, -0.25) is 9.69 Å². The van der Waals surface area contributed by atoms with Crippen LogP contribution in [0.1, 0.15) is 49.1 Å². The molecule has 108 valence electrons. The molecule has 1 saturated heterocycles. The van der Waals surface area contributed by atoms with E-state index >= 15 is 0 Å². The predicted molar refractivity (Wildman–Crippen MR) is 78.7 cm³/mol. The zero-order valence-electron chi connectivity index (χ0n) is 11.9. The average molecular weight is 273 g/mol. The number of hydrogen-bond acceptors (Lipinski definition) is 2. The van der Waals surface area contributed by atoms with Gasteiger partial charge < -0.3 is 5.11 Å². The van der Waals surface area contributed by atoms with Gasteiger partial charge in [-0.2, -0.15) is 0 Å². The molecule has 3 heteroatoms. The van der Waals surface area contributed by atoms with Crippen LogP contribution < -0.4 is 0 Å². The number of likely N-dealkylation sites (tertiary alicyclic amines) is 1. The van der Waals surface area contributed by atoms with Gasteiger partial charge in [0.25, 0.3) is 0 Å². The smallest absolute Gasteiger partial charge is 0.303 e. The van der Waals surface area contributed by atoms with Crippen molar-refractivity contribution in [3.05, 3.63) is 35.4 Å². The molecule has 1 N–H and O–H groups in total. The summed E-state index contributed by atoms with van der Waals surface area (Å²) < 4.78 is 0. The summed E-state index contributed by atoms with van der Waals surface area (Å²) in [6, 6.07) is 8.47. The van der Waals surface area contributed by atoms with Crippen LogP contribution in [0, 0.1) is 5.92 Å². The molecule has 1 aliphatic heterocycles. The van der Waals surface area contributed by atoms with Crippen LogP contribution >= 0.6 is 0 Å². The Morgan fingerprint density at radius 2 is 1.95 bits per heavy atom. The summed E-state index contributed by atoms with van der Waals surface area (Å²) in [5.74, 6) is 0.134. The van der Waals surface area contributed by atoms with Crippen LogP contribution in [0.2, 0.25) is 0 Å². The fourth-order valence-corrected chi connectivity index (χ4v) is 3.44. The summed E-state index contributed by atoms with van der Waals surface area (Å²) in [4.78, 5) is 13.7. The fourth-order valence-electron chi connectivity index (χ4n) is 3.44. The molecule has 20 heavy (non-hydrogen) atoms. The van der Waals surface area contributed by atoms with E-state index in [4.69, 9.17) is 0 Å². The Labute approximate surface area is 120 Å². The van der Waals surface area contributed by atoms with E-state index in [1.54, 1.807) is 0 Å². The van der Waals surface area contributed by atoms with Crippen LogP contribution in [-0.4, -0.2) is 29.1 Å². The molecule has 2 fully saturated rings. The number of aliphatic carboxylic acids is 1. The van der Waals surface area contributed by atoms with Crippen molar-refractivity contribution >= 4 is 5.97 Å². The summed E-state index contributed by atoms with van der Waals surface area (Å²) in [7, 11) is 0. The lowest BCUT2D eigenvalue weighted by molar-refractivity contribution is -0.137. The van der Waals surface area contributed by atoms with E-state index in [0.29, 0.717) is 5.92 Å². The summed E-state index contributed by atoms with van der Waals surface area (Å²) in [6.07, 6.45) is 5.25. The molecular formula is C17H23NO2. The molecule has 1 aromatic rings. The third kappa shape index (κ3) is 3.21. The number of nitrogens with zero attached hydrogens (tertiary/aromatic N) is 1. The number of benzene rings is 1. The maximum absolute atomic E-state index is 11.2. The first-order chi connectivity index (χ1) is 9.74. The molecule has 0 radical (unpaired) electrons. The molecule has 1 aromatic carbocycles. The number of carbonyl (C=O) groups is 1. The topological polar surface area (TPSA) is 40.5 Å². The molecule has 3 rings (SSSR count). The Bertz CT molecular complexity index is 476. The highest BCUT2D eigenvalue weighted by Gasteiger charge is 2.34. The van der Waals surface area contributed by atoms with Gasteiger partial charge in [0.15, 0.2) is 0 Å². The van der Waals surface area contributed by atoms with E-state index in [0.717, 1.165) is 6.54 Å². The minimum Gasteiger partial charge on any atom is -0.481 e. The highest BCUT2D eigenvalue weighted by Crippen LogP contribution is 2.45. The first-order valence-electron chi connectivity index (χ1n) is 7.76. The van der Waals surface area contributed by atoms with Gasteiger partial charge in [0, 0.05) is 6.54 Å². The van der Waals surface area contributed by atoms with Crippen LogP contribution in [-0.2, 0) is 11.3 Å². The quantitative estimate of drug-likeness (QED) is 0.865. The Morgan fingerprint density at radius 1 is 1.25 bits per heavy atom. The van der Waals surface area contributed by atoms with Crippen LogP contribution in [0.15, 0.2) is 24.3 Å². The van der Waals surface area contributed by atoms with E-state index in [1.165, 1.54) is 49.9 Å². The average Bonchev–Trinajstić information content (AvgIpc) is 3.15. The van der Waals surface area contributed by atoms with Gasteiger partial charge >= 0.3 is 5.97 Å². The molecule has 1 saturated carbocycles. The third-order valence-corrected chi connectivity index (χ3v) is 4.63. The minimum absolute atomic E-state index is 0.214. The SMILES string of the molecule is O=C(O)CC(c1ccccc1CN1CCCC1)C1CC1. The van der Waals surface area contributed by atoms with Crippen molar-refractivity contribution in [2.75, 3.05) is 13.1 Å². The van der Waals surface area contributed by atoms with Crippen molar-refractivity contribution in [3.8, 4) is 0 Å². The van der Waals surface area contributed by atoms with Crippen LogP contribution in [0.3, 0.4) is 0 Å². The molecule has 0 spiro atoms. The monoisotopic (exact) mass is 273 g/mol. The lowest BCUT2D eigenvalue weighted by Crippen LogP contribution is -2.20. The van der Waals surface area contributed by atoms with Crippen LogP contribution in [0.5, 0.6) is 0 Å². The van der Waals surface area contributed by atoms with Crippen molar-refractivity contribution in [3.63, 3.8) is 0 Å². The molecule has 3 nitrogen and oxygen atoms in total. The first-order valence-corrected chi connectivity index (χ1v) is 7.76. The lowest BCUT2D eigenvalue weighted by Gasteiger charge is -2.22. The molecule has 0 aromatic heterocycles. The van der Waals surface area contributed by atoms with Gasteiger partial charge in [-0.25, -0.2) is 0 Å². The Hall–Kier alpha value is -1.35. The largest absolute Gasteiger partial charge is 0.481 e. The summed E-state index contributed by atoms with van der Waals surface area (Å²) in [5.41, 5.74) is 2.62. The molecule has 0 bridgehead atoms. The molecule has 1 atom stereocenters. The lowest BCUT2D eigenvalue weighted by atomic mass is 9.87. The second kappa shape index (κ2) is 5.96. The standard InChI is InChI=1S/C17H23NO2/c19-17(20)11-16(13-7-8-13)15-6-2-1-5-14(15)12-18-9-3-4-10-18/h1-2,5-6,13,16H,3-4,7-12H2,(H,19,20). The van der Waals surface area contributed by atoms with Crippen molar-refractivity contribution in [1.29, 1.82) is 0 Å². The van der Waals surface area contributed by atoms with E-state index in [-0.39, 0.29) is 12.3 Å². The molecule has 1 unspecified atom stereocenters. The number of hydrogen-bond donors (Lipinski definition) is 1. The van der Waals surface area contributed by atoms with Crippen molar-refractivity contribution < 1.29 is 9.90 Å². The van der Waals surface area contributed by atoms with Gasteiger partial charge in [-0.15, -0.1) is 0 Å². The normalized spacial score (nSPS) is 21.0. The van der Waals surface area contributed by atoms with Crippen molar-refractivity contribution in [2.24, 2.45) is 5.92 Å². The summed E-state index contributed by atoms with van der Waals surface area (Å²) >= 11 is 0. The van der Waals surface area contributed by atoms with Crippen molar-refractivity contribution in [1.82, 2.24) is 4.90 Å². The Morgan fingerprint density at radius 3 is 2.60 bits per heavy atom. The van der Waals surface area contributed by atoms with E-state index in [1.807, 2.05) is 0 Å². The first kappa shape index (κ1) is 13.6. The minimum atomic E-state index is -0.669. The summed E-state index contributed by atoms with van der Waals surface area (Å²) in [5, 5.41) is 9.19. The molecule has 1 aliphatic carbocycles. The maximum Gasteiger partial charge on any atom is 0.303 e. The molecule has 2 aliphatic rings. The fraction of sp³-hybridized carbons (Fsp3) is 0.588. The highest BCUT2D eigenvalue weighted by atomic mass is 16.4. The zero-order valence-corrected chi connectivity index (χ0v) is 11.9. The van der Waals surface area contributed by atoms with E-state index < -0.39 is 5.97 Å². The highest BCUT2D eigenvalue weighted by molar-refractivity contribution is 5.68. The van der Waals surface area contributed by atoms with Gasteiger partial charge in [0.2, 0.25) is 0 Å². The maximum atomic E-state index is 11.2.